The third kappa shape index (κ3) is 5.41. The fourth-order valence-corrected chi connectivity index (χ4v) is 3.29. The number of amides is 2. The number of rotatable bonds is 8. The highest BCUT2D eigenvalue weighted by Crippen LogP contribution is 2.30. The number of carbonyl (C=O) groups is 2. The second kappa shape index (κ2) is 9.88. The number of aromatic nitrogens is 3. The lowest BCUT2D eigenvalue weighted by molar-refractivity contribution is -0.126. The Morgan fingerprint density at radius 2 is 1.82 bits per heavy atom. The first-order valence-corrected chi connectivity index (χ1v) is 10.2. The van der Waals surface area contributed by atoms with Crippen LogP contribution in [0.15, 0.2) is 36.9 Å². The van der Waals surface area contributed by atoms with Gasteiger partial charge in [0.2, 0.25) is 12.2 Å². The van der Waals surface area contributed by atoms with Crippen molar-refractivity contribution in [3.63, 3.8) is 0 Å². The number of anilines is 1. The number of hydrogen-bond donors (Lipinski definition) is 3. The minimum Gasteiger partial charge on any atom is -0.372 e. The summed E-state index contributed by atoms with van der Waals surface area (Å²) in [5, 5.41) is 5.34. The van der Waals surface area contributed by atoms with Crippen LogP contribution in [0.2, 0.25) is 0 Å². The summed E-state index contributed by atoms with van der Waals surface area (Å²) in [6, 6.07) is 2.49. The van der Waals surface area contributed by atoms with Crippen molar-refractivity contribution in [1.82, 2.24) is 25.2 Å². The van der Waals surface area contributed by atoms with Gasteiger partial charge in [0.1, 0.15) is 11.7 Å². The van der Waals surface area contributed by atoms with Crippen LogP contribution in [0.25, 0.3) is 22.2 Å². The minimum atomic E-state index is -3.31. The van der Waals surface area contributed by atoms with Crippen LogP contribution in [0.1, 0.15) is 24.2 Å². The van der Waals surface area contributed by atoms with Crippen molar-refractivity contribution in [2.45, 2.75) is 32.6 Å². The second-order valence-electron chi connectivity index (χ2n) is 8.10. The monoisotopic (exact) mass is 462 g/mol. The first-order valence-electron chi connectivity index (χ1n) is 10.2. The SMILES string of the molecule is CC(C)C(Nc1cncc(-c2c[nH]c3ncc(C(=O)N(C)C)cc23)c1)C(=O)NC(F)C(F)F. The molecular weight excluding hydrogens is 437 g/mol. The van der Waals surface area contributed by atoms with Crippen molar-refractivity contribution in [3.05, 3.63) is 42.5 Å². The Bertz CT molecular complexity index is 1150. The highest BCUT2D eigenvalue weighted by molar-refractivity contribution is 6.01. The summed E-state index contributed by atoms with van der Waals surface area (Å²) in [5.41, 5.74) is 2.85. The molecule has 176 valence electrons. The van der Waals surface area contributed by atoms with Gasteiger partial charge in [0.25, 0.3) is 12.3 Å². The summed E-state index contributed by atoms with van der Waals surface area (Å²) >= 11 is 0. The molecule has 0 saturated heterocycles. The summed E-state index contributed by atoms with van der Waals surface area (Å²) in [7, 11) is 3.30. The van der Waals surface area contributed by atoms with Crippen LogP contribution < -0.4 is 10.6 Å². The van der Waals surface area contributed by atoms with Crippen LogP contribution in [0, 0.1) is 5.92 Å². The second-order valence-corrected chi connectivity index (χ2v) is 8.10. The number of fused-ring (bicyclic) bond motifs is 1. The van der Waals surface area contributed by atoms with Gasteiger partial charge in [-0.3, -0.25) is 14.6 Å². The number of hydrogen-bond acceptors (Lipinski definition) is 5. The van der Waals surface area contributed by atoms with Gasteiger partial charge in [-0.25, -0.2) is 18.2 Å². The van der Waals surface area contributed by atoms with E-state index in [1.165, 1.54) is 17.3 Å². The predicted molar refractivity (Wildman–Crippen MR) is 119 cm³/mol. The van der Waals surface area contributed by atoms with Crippen molar-refractivity contribution in [2.24, 2.45) is 5.92 Å². The van der Waals surface area contributed by atoms with Crippen molar-refractivity contribution in [1.29, 1.82) is 0 Å². The van der Waals surface area contributed by atoms with E-state index < -0.39 is 24.7 Å². The third-order valence-electron chi connectivity index (χ3n) is 5.01. The topological polar surface area (TPSA) is 103 Å². The molecule has 2 unspecified atom stereocenters. The zero-order valence-corrected chi connectivity index (χ0v) is 18.6. The van der Waals surface area contributed by atoms with Crippen LogP contribution in [0.5, 0.6) is 0 Å². The van der Waals surface area contributed by atoms with E-state index in [1.807, 2.05) is 0 Å². The van der Waals surface area contributed by atoms with Crippen molar-refractivity contribution >= 4 is 28.5 Å². The maximum atomic E-state index is 13.3. The van der Waals surface area contributed by atoms with Crippen molar-refractivity contribution in [3.8, 4) is 11.1 Å². The molecule has 0 aliphatic heterocycles. The Kier molecular flexibility index (Phi) is 7.19. The van der Waals surface area contributed by atoms with Crippen LogP contribution in [-0.2, 0) is 4.79 Å². The normalized spacial score (nSPS) is 13.2. The first kappa shape index (κ1) is 24.0. The Morgan fingerprint density at radius 1 is 1.09 bits per heavy atom. The van der Waals surface area contributed by atoms with E-state index in [0.717, 1.165) is 5.56 Å². The molecule has 2 atom stereocenters. The van der Waals surface area contributed by atoms with E-state index in [2.05, 4.69) is 20.3 Å². The predicted octanol–water partition coefficient (Wildman–Crippen LogP) is 3.44. The van der Waals surface area contributed by atoms with Gasteiger partial charge in [0.15, 0.2) is 0 Å². The Labute approximate surface area is 188 Å². The first-order chi connectivity index (χ1) is 15.6. The largest absolute Gasteiger partial charge is 0.372 e. The smallest absolute Gasteiger partial charge is 0.287 e. The van der Waals surface area contributed by atoms with Gasteiger partial charge in [-0.05, 0) is 18.1 Å². The molecule has 11 heteroatoms. The van der Waals surface area contributed by atoms with Gasteiger partial charge < -0.3 is 20.5 Å². The number of aromatic amines is 1. The number of nitrogens with one attached hydrogen (secondary N) is 3. The molecule has 3 N–H and O–H groups in total. The van der Waals surface area contributed by atoms with Gasteiger partial charge in [-0.15, -0.1) is 0 Å². The van der Waals surface area contributed by atoms with Gasteiger partial charge >= 0.3 is 0 Å². The maximum Gasteiger partial charge on any atom is 0.287 e. The molecule has 3 rings (SSSR count). The quantitative estimate of drug-likeness (QED) is 0.445. The van der Waals surface area contributed by atoms with E-state index in [4.69, 9.17) is 0 Å². The Morgan fingerprint density at radius 3 is 2.45 bits per heavy atom. The average Bonchev–Trinajstić information content (AvgIpc) is 3.19. The standard InChI is InChI=1S/C22H25F3N6O2/c1-11(2)17(21(32)30-19(25)18(23)24)29-14-5-12(7-26-9-14)16-10-28-20-15(16)6-13(8-27-20)22(33)31(3)4/h5-11,17-19,29H,1-4H3,(H,27,28)(H,30,32). The van der Waals surface area contributed by atoms with Crippen LogP contribution >= 0.6 is 0 Å². The number of halogens is 3. The number of carbonyl (C=O) groups excluding carboxylic acids is 2. The van der Waals surface area contributed by atoms with Gasteiger partial charge in [-0.2, -0.15) is 0 Å². The summed E-state index contributed by atoms with van der Waals surface area (Å²) < 4.78 is 38.3. The fraction of sp³-hybridized carbons (Fsp3) is 0.364. The molecule has 0 saturated carbocycles. The highest BCUT2D eigenvalue weighted by Gasteiger charge is 2.28. The molecular formula is C22H25F3N6O2. The lowest BCUT2D eigenvalue weighted by Crippen LogP contribution is -2.47. The molecule has 8 nitrogen and oxygen atoms in total. The van der Waals surface area contributed by atoms with Crippen LogP contribution in [0.3, 0.4) is 0 Å². The summed E-state index contributed by atoms with van der Waals surface area (Å²) in [6.07, 6.45) is 0.234. The van der Waals surface area contributed by atoms with Crippen LogP contribution in [0.4, 0.5) is 18.9 Å². The summed E-state index contributed by atoms with van der Waals surface area (Å²) in [4.78, 5) is 37.7. The Hall–Kier alpha value is -3.63. The molecule has 0 radical (unpaired) electrons. The molecule has 3 heterocycles. The van der Waals surface area contributed by atoms with Crippen molar-refractivity contribution < 1.29 is 22.8 Å². The molecule has 3 aromatic heterocycles. The van der Waals surface area contributed by atoms with E-state index in [0.29, 0.717) is 27.8 Å². The van der Waals surface area contributed by atoms with Crippen LogP contribution in [-0.4, -0.2) is 64.5 Å². The van der Waals surface area contributed by atoms with E-state index in [-0.39, 0.29) is 11.8 Å². The van der Waals surface area contributed by atoms with Gasteiger partial charge in [-0.1, -0.05) is 13.8 Å². The number of alkyl halides is 3. The molecule has 0 spiro atoms. The van der Waals surface area contributed by atoms with E-state index >= 15 is 0 Å². The minimum absolute atomic E-state index is 0.189. The lowest BCUT2D eigenvalue weighted by Gasteiger charge is -2.23. The molecule has 33 heavy (non-hydrogen) atoms. The number of nitrogens with zero attached hydrogens (tertiary/aromatic N) is 3. The fourth-order valence-electron chi connectivity index (χ4n) is 3.29. The molecule has 0 aliphatic carbocycles. The van der Waals surface area contributed by atoms with Crippen molar-refractivity contribution in [2.75, 3.05) is 19.4 Å². The number of H-pyrrole nitrogens is 1. The Balaban J connectivity index is 1.90. The average molecular weight is 462 g/mol. The molecule has 0 bridgehead atoms. The molecule has 3 aromatic rings. The molecule has 2 amide bonds. The van der Waals surface area contributed by atoms with E-state index in [1.54, 1.807) is 57.8 Å². The highest BCUT2D eigenvalue weighted by atomic mass is 19.3. The summed E-state index contributed by atoms with van der Waals surface area (Å²) in [6.45, 7) is 3.41. The maximum absolute atomic E-state index is 13.3. The molecule has 0 fully saturated rings. The zero-order chi connectivity index (χ0) is 24.3. The number of pyridine rings is 2. The summed E-state index contributed by atoms with van der Waals surface area (Å²) in [5.74, 6) is -1.40. The van der Waals surface area contributed by atoms with Gasteiger partial charge in [0, 0.05) is 55.4 Å². The third-order valence-corrected chi connectivity index (χ3v) is 5.01. The van der Waals surface area contributed by atoms with Gasteiger partial charge in [0.05, 0.1) is 11.3 Å². The molecule has 0 aromatic carbocycles. The molecule has 0 aliphatic rings. The zero-order valence-electron chi connectivity index (χ0n) is 18.6. The lowest BCUT2D eigenvalue weighted by atomic mass is 10.0. The van der Waals surface area contributed by atoms with E-state index in [9.17, 15) is 22.8 Å².